The van der Waals surface area contributed by atoms with Crippen molar-refractivity contribution in [2.24, 2.45) is 67.5 Å². The second-order valence-corrected chi connectivity index (χ2v) is 43.4. The van der Waals surface area contributed by atoms with Crippen molar-refractivity contribution in [1.29, 1.82) is 10.5 Å². The Bertz CT molecular complexity index is 4500. The Morgan fingerprint density at radius 3 is 1.15 bits per heavy atom. The lowest BCUT2D eigenvalue weighted by Crippen LogP contribution is -2.33. The first kappa shape index (κ1) is 148. The van der Waals surface area contributed by atoms with Crippen LogP contribution < -0.4 is 47.9 Å². The number of amides is 13. The molecule has 1 aliphatic rings. The van der Waals surface area contributed by atoms with E-state index in [2.05, 4.69) is 164 Å². The normalized spacial score (nSPS) is 13.2. The Balaban J connectivity index is -0.000000197. The van der Waals surface area contributed by atoms with Crippen LogP contribution in [-0.4, -0.2) is 354 Å². The van der Waals surface area contributed by atoms with Crippen LogP contribution in [0.15, 0.2) is 56.7 Å². The van der Waals surface area contributed by atoms with Crippen molar-refractivity contribution >= 4 is 265 Å². The molecule has 141 heavy (non-hydrogen) atoms. The predicted octanol–water partition coefficient (Wildman–Crippen LogP) is 11.7. The highest BCUT2D eigenvalue weighted by Crippen LogP contribution is 2.36. The minimum atomic E-state index is -3.27. The van der Waals surface area contributed by atoms with E-state index < -0.39 is 101 Å². The number of carbonyl (C=O) groups excluding carboxylic acids is 13. The molecule has 0 saturated carbocycles. The van der Waals surface area contributed by atoms with Crippen molar-refractivity contribution < 1.29 is 132 Å². The van der Waals surface area contributed by atoms with Gasteiger partial charge in [0, 0.05) is 152 Å². The number of nitrogens with one attached hydrogen (secondary N) is 9. The Morgan fingerprint density at radius 1 is 0.489 bits per heavy atom. The second kappa shape index (κ2) is 84.9. The quantitative estimate of drug-likeness (QED) is 0.00970. The van der Waals surface area contributed by atoms with Crippen LogP contribution in [-0.2, 0) is 82.5 Å². The summed E-state index contributed by atoms with van der Waals surface area (Å²) in [5.74, 6) is 1.05. The van der Waals surface area contributed by atoms with E-state index in [0.29, 0.717) is 50.4 Å². The van der Waals surface area contributed by atoms with E-state index >= 15 is 0 Å². The predicted molar refractivity (Wildman–Crippen MR) is 566 cm³/mol. The zero-order valence-electron chi connectivity index (χ0n) is 86.9. The number of carbonyl (C=O) groups is 13. The summed E-state index contributed by atoms with van der Waals surface area (Å²) < 4.78 is 44.9. The van der Waals surface area contributed by atoms with Crippen LogP contribution in [0.5, 0.6) is 0 Å². The van der Waals surface area contributed by atoms with Gasteiger partial charge in [-0.3, -0.25) is 67.7 Å². The zero-order valence-corrected chi connectivity index (χ0v) is 95.9. The number of hydrogen-bond acceptors (Lipinski definition) is 50. The van der Waals surface area contributed by atoms with Crippen LogP contribution in [0.1, 0.15) is 137 Å². The molecule has 54 nitrogen and oxygen atoms in total. The molecule has 0 bridgehead atoms. The van der Waals surface area contributed by atoms with Crippen LogP contribution in [0.25, 0.3) is 0 Å². The van der Waals surface area contributed by atoms with Crippen molar-refractivity contribution in [2.75, 3.05) is 160 Å². The van der Waals surface area contributed by atoms with Gasteiger partial charge >= 0.3 is 67.0 Å². The maximum Gasteiger partial charge on any atom is 0.447 e. The number of sulfone groups is 2. The molecule has 1 heterocycles. The summed E-state index contributed by atoms with van der Waals surface area (Å²) in [6, 6.07) is 4.06. The van der Waals surface area contributed by atoms with Gasteiger partial charge in [-0.25, -0.2) is 78.2 Å². The van der Waals surface area contributed by atoms with Gasteiger partial charge in [-0.1, -0.05) is 97.9 Å². The van der Waals surface area contributed by atoms with Gasteiger partial charge in [0.1, 0.15) is 24.9 Å². The molecule has 0 aromatic heterocycles. The molecule has 808 valence electrons. The van der Waals surface area contributed by atoms with Crippen LogP contribution in [0, 0.1) is 33.5 Å². The van der Waals surface area contributed by atoms with Crippen molar-refractivity contribution in [3.63, 3.8) is 0 Å². The lowest BCUT2D eigenvalue weighted by atomic mass is 9.90. The van der Waals surface area contributed by atoms with Crippen LogP contribution >= 0.6 is 106 Å². The van der Waals surface area contributed by atoms with Gasteiger partial charge in [0.15, 0.2) is 19.7 Å². The first-order chi connectivity index (χ1) is 65.2. The fourth-order valence-corrected chi connectivity index (χ4v) is 10.4. The maximum atomic E-state index is 11.6. The molecule has 2 unspecified atom stereocenters. The van der Waals surface area contributed by atoms with Crippen LogP contribution in [0.2, 0.25) is 0 Å². The molecule has 0 aromatic carbocycles. The summed E-state index contributed by atoms with van der Waals surface area (Å²) in [6.07, 6.45) is 10.4. The highest BCUT2D eigenvalue weighted by atomic mass is 32.2. The van der Waals surface area contributed by atoms with Crippen molar-refractivity contribution in [3.8, 4) is 12.1 Å². The number of nitrogens with zero attached hydrogens (tertiary/aromatic N) is 17. The highest BCUT2D eigenvalue weighted by molar-refractivity contribution is 8.16. The van der Waals surface area contributed by atoms with E-state index in [1.54, 1.807) is 92.5 Å². The minimum Gasteiger partial charge on any atom is -0.343 e. The van der Waals surface area contributed by atoms with E-state index in [0.717, 1.165) is 68.4 Å². The number of oxime groups is 11. The minimum absolute atomic E-state index is 0.0632. The largest absolute Gasteiger partial charge is 0.447 e. The molecule has 0 aromatic rings. The van der Waals surface area contributed by atoms with E-state index in [1.807, 2.05) is 85.8 Å². The number of thioether (sulfide) groups is 8. The van der Waals surface area contributed by atoms with Gasteiger partial charge < -0.3 is 52.8 Å². The van der Waals surface area contributed by atoms with E-state index in [1.165, 1.54) is 180 Å². The third-order valence-corrected chi connectivity index (χ3v) is 25.4. The molecular formula is C76H140N26O28S11. The van der Waals surface area contributed by atoms with E-state index in [-0.39, 0.29) is 38.6 Å². The SMILES string of the molecule is CNC(=O)O/N=C(/C)SCCC#N.CNC(=O)O/N=C(\C)C(C)S(C)(=O)=O.CNC(=O)O/N=C(\C)C(C)SC.CNC(=O)O/N=C(\C)SC.CNC(=O)O/N=C/C(C)(C)S(C)(=O)=O.CNC(=O)O/N=C1\SC(C)(C)C(=O)N1C.CNC(=O)O/N=C\C(C)(C)CCC#N.CNC(=O)ON=C(CSC)C(C)(C)C.CNC(=O)ON=C(SC)C(=O)N(C)C.CS/C(C)=N\OC(=O)N(C)SN(C)C(=O)O/N=C(/C)SC. The first-order valence-electron chi connectivity index (χ1n) is 39.9. The van der Waals surface area contributed by atoms with E-state index in [4.69, 9.17) is 10.5 Å². The number of hydrogen-bond donors (Lipinski definition) is 9. The molecule has 1 rings (SSSR count). The molecule has 0 spiro atoms. The van der Waals surface area contributed by atoms with Crippen molar-refractivity contribution in [3.05, 3.63) is 0 Å². The molecular weight excluding hydrogens is 2080 g/mol. The average Bonchev–Trinajstić information content (AvgIpc) is 1.66. The molecule has 0 radical (unpaired) electrons. The van der Waals surface area contributed by atoms with E-state index in [9.17, 15) is 79.2 Å². The number of amidine groups is 1. The molecule has 1 fully saturated rings. The summed E-state index contributed by atoms with van der Waals surface area (Å²) >= 11 is 12.0. The number of nitriles is 2. The molecule has 1 aliphatic heterocycles. The van der Waals surface area contributed by atoms with Gasteiger partial charge in [-0.05, 0) is 132 Å². The Hall–Kier alpha value is -10.7. The Kier molecular flexibility index (Phi) is 89.2. The summed E-state index contributed by atoms with van der Waals surface area (Å²) in [4.78, 5) is 194. The maximum absolute atomic E-state index is 11.6. The summed E-state index contributed by atoms with van der Waals surface area (Å²) in [5.41, 5.74) is 1.59. The smallest absolute Gasteiger partial charge is 0.343 e. The zero-order chi connectivity index (χ0) is 112. The lowest BCUT2D eigenvalue weighted by Gasteiger charge is -2.19. The second-order valence-electron chi connectivity index (χ2n) is 28.4. The first-order valence-corrected chi connectivity index (χ1v) is 53.9. The average molecular weight is 2220 g/mol. The molecule has 9 N–H and O–H groups in total. The summed E-state index contributed by atoms with van der Waals surface area (Å²) in [5, 5.41) is 78.3. The summed E-state index contributed by atoms with van der Waals surface area (Å²) in [7, 11) is 14.2. The Morgan fingerprint density at radius 2 is 0.830 bits per heavy atom. The van der Waals surface area contributed by atoms with Crippen LogP contribution in [0.3, 0.4) is 0 Å². The standard InChI is InChI=1S/C10H18N4O4S3.C9H15N3O2.C9H18N2O2S.C8H13N3O3S.C7H13N3O3S.C7H11N3O2S.2C7H14N2O4S.C7H14N2O2S.C5H10N2O2S/c1-7(19-5)11-17-9(15)13(3)21-14(4)10(16)18-12-8(2)20-6;1-9(2,5-4-6-10)7-12-14-8(13)11-3;1-9(2,3)7(6-14-5)11-13-8(12)10-4;1-8(2)5(12)11(4)6(15-8)10-14-7(13)9-3;1-8-7(12)13-9-5(14-4)6(11)10(2)3;1-6(13-5-3-4-8)10-12-7(11)9-2;1-7(2,14(4,11)12)5-9-13-6(10)8-3;1-5(6(2)14(4,11)12)9-13-7(10)8-3;1-5(6(2)12-4)9-11-7(10)8-3;1-4(10-3)7-9-5(8)6-2/h1-6H3;7H,4-5H2,1-3H3,(H,11,13);6H2,1-5H3,(H,10,12);1-4H3,(H,9,13);1-4H3,(H,8,12);3,5H2,1-2H3,(H,9,11);5H,1-4H3,(H,8,10);6H,1-4H3,(H,8,10);6H,1-4H3,(H,8,10);1-3H3,(H,6,8)/b11-7-,12-8-;12-7-;;10-6-;;10-6-;3*9-5+;7-4+. The molecule has 0 aliphatic carbocycles. The Labute approximate surface area is 864 Å². The van der Waals surface area contributed by atoms with Crippen LogP contribution in [0.4, 0.5) is 52.7 Å². The van der Waals surface area contributed by atoms with Gasteiger partial charge in [0.05, 0.1) is 63.8 Å². The van der Waals surface area contributed by atoms with Crippen molar-refractivity contribution in [1.82, 2.24) is 66.3 Å². The van der Waals surface area contributed by atoms with Gasteiger partial charge in [0.2, 0.25) is 16.1 Å². The third-order valence-electron chi connectivity index (χ3n) is 14.7. The molecule has 2 atom stereocenters. The topological polar surface area (TPSA) is 696 Å². The van der Waals surface area contributed by atoms with Crippen molar-refractivity contribution in [2.45, 2.75) is 157 Å². The molecule has 13 amide bonds. The summed E-state index contributed by atoms with van der Waals surface area (Å²) in [6.45, 7) is 30.1. The van der Waals surface area contributed by atoms with Gasteiger partial charge in [-0.15, -0.1) is 58.8 Å². The van der Waals surface area contributed by atoms with Gasteiger partial charge in [0.25, 0.3) is 5.91 Å². The fourth-order valence-electron chi connectivity index (χ4n) is 5.43. The fraction of sp³-hybridized carbons (Fsp3) is 0.658. The highest BCUT2D eigenvalue weighted by Gasteiger charge is 2.43. The molecule has 65 heteroatoms. The lowest BCUT2D eigenvalue weighted by molar-refractivity contribution is -0.127. The monoisotopic (exact) mass is 2220 g/mol. The molecule has 1 saturated heterocycles. The van der Waals surface area contributed by atoms with Gasteiger partial charge in [-0.2, -0.15) is 34.0 Å². The third kappa shape index (κ3) is 84.7. The number of rotatable bonds is 26.